The van der Waals surface area contributed by atoms with Gasteiger partial charge in [0.2, 0.25) is 0 Å². The van der Waals surface area contributed by atoms with Crippen molar-refractivity contribution in [3.8, 4) is 5.75 Å². The predicted molar refractivity (Wildman–Crippen MR) is 130 cm³/mol. The molecule has 1 aliphatic heterocycles. The highest BCUT2D eigenvalue weighted by atomic mass is 127. The number of guanidine groups is 1. The van der Waals surface area contributed by atoms with E-state index in [2.05, 4.69) is 54.6 Å². The molecule has 1 aromatic carbocycles. The normalized spacial score (nSPS) is 17.7. The molecule has 0 saturated carbocycles. The van der Waals surface area contributed by atoms with Crippen molar-refractivity contribution >= 4 is 29.9 Å². The van der Waals surface area contributed by atoms with Gasteiger partial charge < -0.3 is 24.8 Å². The molecule has 1 fully saturated rings. The molecule has 0 spiro atoms. The van der Waals surface area contributed by atoms with E-state index in [1.54, 1.807) is 7.05 Å². The average Bonchev–Trinajstić information content (AvgIpc) is 3.17. The van der Waals surface area contributed by atoms with Crippen LogP contribution in [-0.4, -0.2) is 51.6 Å². The highest BCUT2D eigenvalue weighted by Gasteiger charge is 2.19. The van der Waals surface area contributed by atoms with Crippen LogP contribution in [-0.2, 0) is 16.0 Å². The van der Waals surface area contributed by atoms with E-state index >= 15 is 0 Å². The minimum Gasteiger partial charge on any atom is -0.488 e. The molecule has 1 aliphatic rings. The Morgan fingerprint density at radius 1 is 1.31 bits per heavy atom. The van der Waals surface area contributed by atoms with Crippen molar-refractivity contribution in [2.45, 2.75) is 59.3 Å². The molecule has 1 saturated heterocycles. The van der Waals surface area contributed by atoms with Gasteiger partial charge in [-0.05, 0) is 37.8 Å². The Bertz CT molecular complexity index is 619. The van der Waals surface area contributed by atoms with E-state index in [-0.39, 0.29) is 36.2 Å². The molecule has 2 atom stereocenters. The van der Waals surface area contributed by atoms with E-state index in [0.29, 0.717) is 19.1 Å². The molecule has 2 N–H and O–H groups in total. The molecule has 6 nitrogen and oxygen atoms in total. The number of aryl methyl sites for hydroxylation is 1. The first kappa shape index (κ1) is 26.0. The molecule has 7 heteroatoms. The SMILES string of the molecule is CCOC(CCNC(=NC)NCc1ccc(C)cc1OC1CCOC1)C(C)C.I. The number of hydrogen-bond acceptors (Lipinski definition) is 4. The van der Waals surface area contributed by atoms with Crippen LogP contribution in [0.25, 0.3) is 0 Å². The number of rotatable bonds is 10. The van der Waals surface area contributed by atoms with E-state index < -0.39 is 0 Å². The summed E-state index contributed by atoms with van der Waals surface area (Å²) in [6.45, 7) is 12.2. The molecule has 1 heterocycles. The zero-order chi connectivity index (χ0) is 20.4. The molecule has 166 valence electrons. The highest BCUT2D eigenvalue weighted by Crippen LogP contribution is 2.23. The van der Waals surface area contributed by atoms with Gasteiger partial charge in [-0.1, -0.05) is 26.0 Å². The summed E-state index contributed by atoms with van der Waals surface area (Å²) in [6, 6.07) is 6.33. The molecule has 2 rings (SSSR count). The number of aliphatic imine (C=N–C) groups is 1. The first-order valence-electron chi connectivity index (χ1n) is 10.4. The van der Waals surface area contributed by atoms with Gasteiger partial charge in [-0.25, -0.2) is 0 Å². The average molecular weight is 519 g/mol. The molecular weight excluding hydrogens is 481 g/mol. The Labute approximate surface area is 193 Å². The third-order valence-corrected chi connectivity index (χ3v) is 4.92. The van der Waals surface area contributed by atoms with Crippen LogP contribution >= 0.6 is 24.0 Å². The smallest absolute Gasteiger partial charge is 0.191 e. The summed E-state index contributed by atoms with van der Waals surface area (Å²) in [5, 5.41) is 6.78. The number of ether oxygens (including phenoxy) is 3. The molecule has 0 bridgehead atoms. The molecule has 0 amide bonds. The summed E-state index contributed by atoms with van der Waals surface area (Å²) in [5.41, 5.74) is 2.31. The van der Waals surface area contributed by atoms with Crippen LogP contribution in [0.1, 0.15) is 44.7 Å². The predicted octanol–water partition coefficient (Wildman–Crippen LogP) is 3.90. The molecule has 0 radical (unpaired) electrons. The van der Waals surface area contributed by atoms with Gasteiger partial charge in [-0.3, -0.25) is 4.99 Å². The number of nitrogens with one attached hydrogen (secondary N) is 2. The second kappa shape index (κ2) is 14.0. The standard InChI is InChI=1S/C22H37N3O3.HI/c1-6-27-20(16(2)3)9-11-24-22(23-5)25-14-18-8-7-17(4)13-21(18)28-19-10-12-26-15-19;/h7-8,13,16,19-20H,6,9-12,14-15H2,1-5H3,(H2,23,24,25);1H. The summed E-state index contributed by atoms with van der Waals surface area (Å²) in [4.78, 5) is 4.33. The quantitative estimate of drug-likeness (QED) is 0.279. The zero-order valence-electron chi connectivity index (χ0n) is 18.5. The minimum atomic E-state index is 0. The Balaban J connectivity index is 0.00000420. The highest BCUT2D eigenvalue weighted by molar-refractivity contribution is 14.0. The van der Waals surface area contributed by atoms with Gasteiger partial charge in [0.15, 0.2) is 5.96 Å². The van der Waals surface area contributed by atoms with Crippen LogP contribution in [0.4, 0.5) is 0 Å². The van der Waals surface area contributed by atoms with Gasteiger partial charge in [-0.2, -0.15) is 0 Å². The Morgan fingerprint density at radius 2 is 2.10 bits per heavy atom. The number of benzene rings is 1. The van der Waals surface area contributed by atoms with E-state index in [4.69, 9.17) is 14.2 Å². The summed E-state index contributed by atoms with van der Waals surface area (Å²) in [6.07, 6.45) is 2.30. The van der Waals surface area contributed by atoms with Gasteiger partial charge in [0, 0.05) is 38.7 Å². The summed E-state index contributed by atoms with van der Waals surface area (Å²) >= 11 is 0. The summed E-state index contributed by atoms with van der Waals surface area (Å²) in [5.74, 6) is 2.22. The van der Waals surface area contributed by atoms with Crippen molar-refractivity contribution < 1.29 is 14.2 Å². The lowest BCUT2D eigenvalue weighted by Crippen LogP contribution is -2.39. The van der Waals surface area contributed by atoms with Crippen LogP contribution in [0.15, 0.2) is 23.2 Å². The fourth-order valence-electron chi connectivity index (χ4n) is 3.26. The van der Waals surface area contributed by atoms with Crippen molar-refractivity contribution in [1.82, 2.24) is 10.6 Å². The fourth-order valence-corrected chi connectivity index (χ4v) is 3.26. The monoisotopic (exact) mass is 519 g/mol. The van der Waals surface area contributed by atoms with Crippen LogP contribution in [0.5, 0.6) is 5.75 Å². The Hall–Kier alpha value is -1.06. The van der Waals surface area contributed by atoms with Gasteiger partial charge in [0.25, 0.3) is 0 Å². The van der Waals surface area contributed by atoms with Gasteiger partial charge in [0.1, 0.15) is 11.9 Å². The third-order valence-electron chi connectivity index (χ3n) is 4.92. The molecule has 1 aromatic rings. The van der Waals surface area contributed by atoms with Crippen molar-refractivity contribution in [1.29, 1.82) is 0 Å². The topological polar surface area (TPSA) is 64.1 Å². The number of nitrogens with zero attached hydrogens (tertiary/aromatic N) is 1. The lowest BCUT2D eigenvalue weighted by Gasteiger charge is -2.22. The maximum atomic E-state index is 6.18. The van der Waals surface area contributed by atoms with Gasteiger partial charge in [0.05, 0.1) is 19.3 Å². The lowest BCUT2D eigenvalue weighted by molar-refractivity contribution is 0.0258. The molecule has 2 unspecified atom stereocenters. The maximum Gasteiger partial charge on any atom is 0.191 e. The Morgan fingerprint density at radius 3 is 2.72 bits per heavy atom. The largest absolute Gasteiger partial charge is 0.488 e. The molecule has 0 aromatic heterocycles. The number of halogens is 1. The molecule has 29 heavy (non-hydrogen) atoms. The van der Waals surface area contributed by atoms with Crippen LogP contribution < -0.4 is 15.4 Å². The van der Waals surface area contributed by atoms with Gasteiger partial charge >= 0.3 is 0 Å². The summed E-state index contributed by atoms with van der Waals surface area (Å²) in [7, 11) is 1.79. The molecule has 0 aliphatic carbocycles. The van der Waals surface area contributed by atoms with Crippen LogP contribution in [0.2, 0.25) is 0 Å². The lowest BCUT2D eigenvalue weighted by atomic mass is 10.0. The van der Waals surface area contributed by atoms with Crippen LogP contribution in [0.3, 0.4) is 0 Å². The number of hydrogen-bond donors (Lipinski definition) is 2. The van der Waals surface area contributed by atoms with E-state index in [1.165, 1.54) is 5.56 Å². The van der Waals surface area contributed by atoms with Crippen molar-refractivity contribution in [2.24, 2.45) is 10.9 Å². The van der Waals surface area contributed by atoms with Gasteiger partial charge in [-0.15, -0.1) is 24.0 Å². The first-order valence-corrected chi connectivity index (χ1v) is 10.4. The first-order chi connectivity index (χ1) is 13.5. The van der Waals surface area contributed by atoms with E-state index in [0.717, 1.165) is 49.9 Å². The van der Waals surface area contributed by atoms with Crippen molar-refractivity contribution in [3.63, 3.8) is 0 Å². The third kappa shape index (κ3) is 9.09. The zero-order valence-corrected chi connectivity index (χ0v) is 20.8. The van der Waals surface area contributed by atoms with Crippen molar-refractivity contribution in [3.05, 3.63) is 29.3 Å². The Kier molecular flexibility index (Phi) is 12.6. The minimum absolute atomic E-state index is 0. The maximum absolute atomic E-state index is 6.18. The second-order valence-corrected chi connectivity index (χ2v) is 7.59. The summed E-state index contributed by atoms with van der Waals surface area (Å²) < 4.78 is 17.4. The van der Waals surface area contributed by atoms with E-state index in [1.807, 2.05) is 6.92 Å². The van der Waals surface area contributed by atoms with E-state index in [9.17, 15) is 0 Å². The van der Waals surface area contributed by atoms with Crippen LogP contribution in [0, 0.1) is 12.8 Å². The fraction of sp³-hybridized carbons (Fsp3) is 0.682. The molecular formula is C22H38IN3O3. The second-order valence-electron chi connectivity index (χ2n) is 7.59. The van der Waals surface area contributed by atoms with Crippen molar-refractivity contribution in [2.75, 3.05) is 33.4 Å².